The number of aromatic nitrogens is 3. The number of guanidine groups is 3. The number of rotatable bonds is 24. The highest BCUT2D eigenvalue weighted by molar-refractivity contribution is 6.03. The molecule has 3 aliphatic carbocycles. The number of nitrogens with zero attached hydrogens (tertiary/aromatic N) is 12. The van der Waals surface area contributed by atoms with E-state index in [4.69, 9.17) is 17.2 Å². The van der Waals surface area contributed by atoms with Gasteiger partial charge in [0.2, 0.25) is 0 Å². The van der Waals surface area contributed by atoms with E-state index in [1.807, 2.05) is 116 Å². The van der Waals surface area contributed by atoms with Gasteiger partial charge in [-0.3, -0.25) is 28.8 Å². The van der Waals surface area contributed by atoms with Crippen molar-refractivity contribution in [1.29, 1.82) is 0 Å². The first-order chi connectivity index (χ1) is 52.6. The van der Waals surface area contributed by atoms with Crippen LogP contribution in [0.15, 0.2) is 106 Å². The van der Waals surface area contributed by atoms with Crippen LogP contribution in [-0.4, -0.2) is 157 Å². The van der Waals surface area contributed by atoms with E-state index < -0.39 is 46.2 Å². The maximum atomic E-state index is 14.1. The molecular formula is C78H108F6N18O9. The molecule has 0 radical (unpaired) electrons. The molecule has 0 amide bonds. The zero-order chi connectivity index (χ0) is 82.1. The summed E-state index contributed by atoms with van der Waals surface area (Å²) in [4.78, 5) is 87.0. The summed E-state index contributed by atoms with van der Waals surface area (Å²) in [6, 6.07) is 16.4. The lowest BCUT2D eigenvalue weighted by molar-refractivity contribution is -0.525. The van der Waals surface area contributed by atoms with Gasteiger partial charge in [0.25, 0.3) is 17.9 Å². The molecule has 606 valence electrons. The van der Waals surface area contributed by atoms with Gasteiger partial charge in [-0.25, -0.2) is 50.2 Å². The number of nitro groups is 3. The molecule has 111 heavy (non-hydrogen) atoms. The van der Waals surface area contributed by atoms with E-state index in [1.165, 1.54) is 39.9 Å². The first kappa shape index (κ1) is 88.2. The lowest BCUT2D eigenvalue weighted by Crippen LogP contribution is -2.53. The van der Waals surface area contributed by atoms with Gasteiger partial charge >= 0.3 is 12.6 Å². The third-order valence-corrected chi connectivity index (χ3v) is 20.8. The molecule has 27 nitrogen and oxygen atoms in total. The number of hydrazine groups is 3. The fourth-order valence-corrected chi connectivity index (χ4v) is 16.0. The van der Waals surface area contributed by atoms with Gasteiger partial charge in [-0.05, 0) is 158 Å². The molecule has 3 aromatic heterocycles. The summed E-state index contributed by atoms with van der Waals surface area (Å²) >= 11 is 0. The van der Waals surface area contributed by atoms with Crippen LogP contribution in [0, 0.1) is 65.9 Å². The predicted molar refractivity (Wildman–Crippen MR) is 422 cm³/mol. The molecule has 3 aromatic carbocycles. The highest BCUT2D eigenvalue weighted by Crippen LogP contribution is 2.48. The van der Waals surface area contributed by atoms with Crippen LogP contribution < -0.4 is 33.5 Å². The molecule has 33 heteroatoms. The summed E-state index contributed by atoms with van der Waals surface area (Å²) in [6.07, 6.45) is 8.88. The van der Waals surface area contributed by atoms with Gasteiger partial charge in [-0.2, -0.15) is 13.2 Å². The molecule has 0 saturated carbocycles. The molecule has 9 atom stereocenters. The largest absolute Gasteiger partial charge is 0.488 e. The number of nitrogens with one attached hydrogen (secondary N) is 3. The molecule has 12 rings (SSSR count). The van der Waals surface area contributed by atoms with E-state index >= 15 is 0 Å². The summed E-state index contributed by atoms with van der Waals surface area (Å²) in [6.45, 7) is 19.7. The second-order valence-electron chi connectivity index (χ2n) is 28.6. The zero-order valence-electron chi connectivity index (χ0n) is 65.6. The van der Waals surface area contributed by atoms with E-state index in [2.05, 4.69) is 80.8 Å². The fourth-order valence-electron chi connectivity index (χ4n) is 16.0. The van der Waals surface area contributed by atoms with Crippen molar-refractivity contribution in [1.82, 2.24) is 44.7 Å². The minimum Gasteiger partial charge on any atom is -0.365 e. The molecule has 3 aliphatic heterocycles. The summed E-state index contributed by atoms with van der Waals surface area (Å²) in [7, 11) is 8.01. The smallest absolute Gasteiger partial charge is 0.365 e. The Balaban J connectivity index is 0.000000224. The Hall–Kier alpha value is -10.0. The summed E-state index contributed by atoms with van der Waals surface area (Å²) < 4.78 is 87.8. The van der Waals surface area contributed by atoms with Crippen molar-refractivity contribution in [2.75, 3.05) is 53.4 Å². The average Bonchev–Trinajstić information content (AvgIpc) is 1.67. The van der Waals surface area contributed by atoms with Gasteiger partial charge < -0.3 is 26.3 Å². The average molecular weight is 1560 g/mol. The number of Topliss-reactive ketones (excluding diaryl/α,β-unsaturated/α-hetero) is 3. The van der Waals surface area contributed by atoms with Crippen molar-refractivity contribution in [2.45, 2.75) is 170 Å². The van der Waals surface area contributed by atoms with E-state index in [9.17, 15) is 71.1 Å². The van der Waals surface area contributed by atoms with Gasteiger partial charge in [-0.15, -0.1) is 13.2 Å². The number of hydrogen-bond donors (Lipinski definition) is 6. The summed E-state index contributed by atoms with van der Waals surface area (Å²) in [5.74, 6) is -1.72. The molecule has 6 aliphatic rings. The fraction of sp³-hybridized carbons (Fsp3) is 0.538. The Morgan fingerprint density at radius 2 is 0.784 bits per heavy atom. The van der Waals surface area contributed by atoms with Gasteiger partial charge in [0.15, 0.2) is 15.1 Å². The summed E-state index contributed by atoms with van der Waals surface area (Å²) in [5.41, 5.74) is 32.4. The number of ketones is 3. The second-order valence-corrected chi connectivity index (χ2v) is 28.6. The van der Waals surface area contributed by atoms with E-state index in [1.54, 1.807) is 23.0 Å². The molecule has 0 bridgehead atoms. The van der Waals surface area contributed by atoms with Gasteiger partial charge in [0.05, 0.1) is 5.52 Å². The molecular weight excluding hydrogens is 1450 g/mol. The Morgan fingerprint density at radius 3 is 1.12 bits per heavy atom. The van der Waals surface area contributed by atoms with Crippen LogP contribution in [-0.2, 0) is 54.0 Å². The van der Waals surface area contributed by atoms with E-state index in [0.717, 1.165) is 59.0 Å². The number of halogens is 6. The number of nitrogens with two attached hydrogens (primary N) is 3. The molecule has 6 heterocycles. The minimum atomic E-state index is -4.57. The highest BCUT2D eigenvalue weighted by atomic mass is 19.4. The number of likely N-dealkylation sites (N-methyl/N-ethyl adjacent to an activating group) is 2. The SMILES string of the molecule is CC.CC.CC.C[C@H](CCCN=C(N)N[N+](=O)[O-])CC(=O)[C@@H]1C=C2c3cccc4c3c(cn4C(F)(F)F)C[C@H]2N(C)C1.C[C@H](CCCN=C(N)N[N+](=O)[O-])CC(=O)[C@@H]1C=C2c3cccc4c3c(cn4C)C[C@H]2N(C(F)(F)F)C1.C[C@H](CCCN=C(N)N[N+](=O)[O-])CC(=O)[C@@H]1C=C2c3cccc4c3c(cn4C)C[C@H]2N(C)C1. The van der Waals surface area contributed by atoms with Crippen molar-refractivity contribution >= 4 is 84.7 Å². The predicted octanol–water partition coefficient (Wildman–Crippen LogP) is 12.5. The quantitative estimate of drug-likeness (QED) is 0.00623. The number of benzene rings is 3. The third-order valence-electron chi connectivity index (χ3n) is 20.8. The number of fused-ring (bicyclic) bond motifs is 6. The van der Waals surface area contributed by atoms with E-state index in [-0.39, 0.29) is 95.8 Å². The maximum Gasteiger partial charge on any atom is 0.488 e. The van der Waals surface area contributed by atoms with Crippen LogP contribution in [0.5, 0.6) is 0 Å². The highest BCUT2D eigenvalue weighted by Gasteiger charge is 2.49. The van der Waals surface area contributed by atoms with Crippen LogP contribution in [0.4, 0.5) is 26.3 Å². The molecule has 0 saturated heterocycles. The first-order valence-corrected chi connectivity index (χ1v) is 38.1. The number of hydrogen-bond acceptors (Lipinski definition) is 15. The van der Waals surface area contributed by atoms with Crippen LogP contribution in [0.25, 0.3) is 49.4 Å². The van der Waals surface area contributed by atoms with E-state index in [0.29, 0.717) is 96.6 Å². The number of aliphatic imine (C=N–C) groups is 3. The molecule has 0 unspecified atom stereocenters. The van der Waals surface area contributed by atoms with Crippen LogP contribution >= 0.6 is 0 Å². The van der Waals surface area contributed by atoms with Crippen molar-refractivity contribution in [3.63, 3.8) is 0 Å². The number of carbonyl (C=O) groups is 3. The first-order valence-electron chi connectivity index (χ1n) is 38.1. The van der Waals surface area contributed by atoms with Gasteiger partial charge in [0.1, 0.15) is 17.3 Å². The molecule has 9 N–H and O–H groups in total. The topological polar surface area (TPSA) is 356 Å². The van der Waals surface area contributed by atoms with Crippen molar-refractivity contribution in [2.24, 2.45) is 81.8 Å². The monoisotopic (exact) mass is 1550 g/mol. The van der Waals surface area contributed by atoms with Crippen molar-refractivity contribution < 1.29 is 55.8 Å². The lowest BCUT2D eigenvalue weighted by Gasteiger charge is -2.42. The van der Waals surface area contributed by atoms with Crippen LogP contribution in [0.3, 0.4) is 0 Å². The van der Waals surface area contributed by atoms with Gasteiger partial charge in [0, 0.05) is 154 Å². The second kappa shape index (κ2) is 39.2. The van der Waals surface area contributed by atoms with Gasteiger partial charge in [-0.1, -0.05) is 133 Å². The Kier molecular flexibility index (Phi) is 31.2. The number of aryl methyl sites for hydroxylation is 2. The summed E-state index contributed by atoms with van der Waals surface area (Å²) in [5, 5.41) is 31.6. The zero-order valence-corrected chi connectivity index (χ0v) is 65.6. The Morgan fingerprint density at radius 1 is 0.477 bits per heavy atom. The standard InChI is InChI=1S/2C24H29F3N6O3.C24H32N6O3.3C2H6/c1-14(5-4-8-29-23(28)30-33(35)36)9-21(34)15-10-18-17-6-3-7-19-22(17)16(12-31(19)2)11-20(18)32(13-15)24(25,26)27;1-14(5-4-8-29-23(28)30-33(35)36)9-21(34)15-10-18-17-6-3-7-19-22(17)16(11-20(18)31(2)12-15)13-32(19)24(25,26)27;1-15(6-5-9-26-24(25)27-30(32)33)10-22(31)16-11-19-18-7-4-8-20-23(18)17(14-28(20)2)12-21(19)29(3)13-16;3*1-2/h3,6-7,10,12,14-15,20H,4-5,8-9,11,13H2,1-2H3,(H3,28,29,30);3,6-7,10,13-15,20H,4-5,8-9,11-12H2,1-2H3,(H3,28,29,30);4,7-8,11,14-16,21H,5-6,9-10,12-13H2,1-3H3,(H3,25,26,27);3*1-2H3/t2*14-,15-,20-;15-,16-,21-;;;/m111.../s1. The number of alkyl halides is 6. The Labute approximate surface area is 642 Å². The molecule has 6 aromatic rings. The normalized spacial score (nSPS) is 20.2. The Bertz CT molecular complexity index is 4500. The van der Waals surface area contributed by atoms with Crippen molar-refractivity contribution in [3.8, 4) is 0 Å². The van der Waals surface area contributed by atoms with Crippen molar-refractivity contribution in [3.05, 3.63) is 155 Å². The third kappa shape index (κ3) is 22.0. The van der Waals surface area contributed by atoms with Crippen LogP contribution in [0.2, 0.25) is 0 Å². The lowest BCUT2D eigenvalue weighted by atomic mass is 9.78. The molecule has 0 spiro atoms. The number of carbonyl (C=O) groups excluding carboxylic acids is 3. The molecule has 0 fully saturated rings. The minimum absolute atomic E-state index is 0.0789. The maximum absolute atomic E-state index is 14.1. The van der Waals surface area contributed by atoms with Crippen LogP contribution in [0.1, 0.15) is 153 Å².